The van der Waals surface area contributed by atoms with Crippen LogP contribution in [0, 0.1) is 23.2 Å². The summed E-state index contributed by atoms with van der Waals surface area (Å²) in [5.41, 5.74) is 0.0509. The van der Waals surface area contributed by atoms with Crippen molar-refractivity contribution < 1.29 is 18.4 Å². The third kappa shape index (κ3) is 5.69. The lowest BCUT2D eigenvalue weighted by Gasteiger charge is -2.37. The number of benzene rings is 1. The number of rotatable bonds is 7. The lowest BCUT2D eigenvalue weighted by Crippen LogP contribution is -2.38. The van der Waals surface area contributed by atoms with Crippen LogP contribution in [0.2, 0.25) is 0 Å². The molecule has 154 valence electrons. The van der Waals surface area contributed by atoms with Crippen molar-refractivity contribution in [2.45, 2.75) is 65.2 Å². The minimum atomic E-state index is -1.04. The van der Waals surface area contributed by atoms with Crippen LogP contribution in [0.1, 0.15) is 63.5 Å². The van der Waals surface area contributed by atoms with Crippen molar-refractivity contribution in [3.05, 3.63) is 53.4 Å². The van der Waals surface area contributed by atoms with E-state index in [-0.39, 0.29) is 18.5 Å². The first-order chi connectivity index (χ1) is 13.8. The van der Waals surface area contributed by atoms with Gasteiger partial charge in [0.1, 0.15) is 12.3 Å². The van der Waals surface area contributed by atoms with Gasteiger partial charge >= 0.3 is 5.97 Å². The zero-order valence-corrected chi connectivity index (χ0v) is 17.3. The van der Waals surface area contributed by atoms with Crippen molar-refractivity contribution in [2.24, 2.45) is 11.3 Å². The van der Waals surface area contributed by atoms with Gasteiger partial charge in [0.05, 0.1) is 11.1 Å². The van der Waals surface area contributed by atoms with Gasteiger partial charge in [0.25, 0.3) is 0 Å². The molecule has 0 aliphatic heterocycles. The Morgan fingerprint density at radius 1 is 1.34 bits per heavy atom. The average Bonchev–Trinajstić information content (AvgIpc) is 3.15. The SMILES string of the molecule is CCC1(F)CC(C#Cc2cc(CCC(C)(C)C(=O)OCc3ccccc3)no2)C1. The van der Waals surface area contributed by atoms with Crippen molar-refractivity contribution in [3.63, 3.8) is 0 Å². The highest BCUT2D eigenvalue weighted by atomic mass is 19.1. The molecule has 29 heavy (non-hydrogen) atoms. The molecule has 0 atom stereocenters. The van der Waals surface area contributed by atoms with Gasteiger partial charge in [-0.2, -0.15) is 0 Å². The van der Waals surface area contributed by atoms with Crippen molar-refractivity contribution in [3.8, 4) is 11.8 Å². The predicted molar refractivity (Wildman–Crippen MR) is 109 cm³/mol. The van der Waals surface area contributed by atoms with Gasteiger partial charge in [-0.3, -0.25) is 4.79 Å². The summed E-state index contributed by atoms with van der Waals surface area (Å²) in [5, 5.41) is 4.04. The van der Waals surface area contributed by atoms with Crippen molar-refractivity contribution in [1.82, 2.24) is 5.16 Å². The molecule has 0 spiro atoms. The summed E-state index contributed by atoms with van der Waals surface area (Å²) in [6.07, 6.45) is 2.71. The van der Waals surface area contributed by atoms with Crippen LogP contribution in [-0.4, -0.2) is 16.8 Å². The molecule has 1 aromatic carbocycles. The summed E-state index contributed by atoms with van der Waals surface area (Å²) in [6.45, 7) is 5.88. The van der Waals surface area contributed by atoms with Crippen LogP contribution in [0.5, 0.6) is 0 Å². The van der Waals surface area contributed by atoms with Gasteiger partial charge in [0.2, 0.25) is 5.76 Å². The first-order valence-corrected chi connectivity index (χ1v) is 10.2. The molecule has 0 saturated heterocycles. The van der Waals surface area contributed by atoms with Crippen molar-refractivity contribution >= 4 is 5.97 Å². The Balaban J connectivity index is 1.46. The quantitative estimate of drug-likeness (QED) is 0.473. The monoisotopic (exact) mass is 397 g/mol. The number of halogens is 1. The second kappa shape index (κ2) is 8.82. The average molecular weight is 397 g/mol. The van der Waals surface area contributed by atoms with E-state index >= 15 is 0 Å². The van der Waals surface area contributed by atoms with E-state index in [0.29, 0.717) is 37.9 Å². The zero-order chi connectivity index (χ0) is 20.9. The number of nitrogens with zero attached hydrogens (tertiary/aromatic N) is 1. The van der Waals surface area contributed by atoms with Crippen LogP contribution < -0.4 is 0 Å². The fraction of sp³-hybridized carbons (Fsp3) is 0.500. The van der Waals surface area contributed by atoms with Gasteiger partial charge < -0.3 is 9.26 Å². The number of carbonyl (C=O) groups excluding carboxylic acids is 1. The Hall–Kier alpha value is -2.61. The largest absolute Gasteiger partial charge is 0.460 e. The summed E-state index contributed by atoms with van der Waals surface area (Å²) < 4.78 is 24.6. The van der Waals surface area contributed by atoms with E-state index in [4.69, 9.17) is 9.26 Å². The lowest BCUT2D eigenvalue weighted by atomic mass is 9.71. The molecule has 1 aliphatic rings. The first kappa shape index (κ1) is 21.1. The molecule has 1 fully saturated rings. The predicted octanol–water partition coefficient (Wildman–Crippen LogP) is 5.26. The Kier molecular flexibility index (Phi) is 6.42. The zero-order valence-electron chi connectivity index (χ0n) is 17.3. The third-order valence-corrected chi connectivity index (χ3v) is 5.59. The normalized spacial score (nSPS) is 21.0. The van der Waals surface area contributed by atoms with E-state index in [1.807, 2.05) is 51.1 Å². The topological polar surface area (TPSA) is 52.3 Å². The highest BCUT2D eigenvalue weighted by molar-refractivity contribution is 5.75. The molecule has 1 aromatic heterocycles. The molecule has 0 radical (unpaired) electrons. The summed E-state index contributed by atoms with van der Waals surface area (Å²) in [7, 11) is 0. The molecule has 5 heteroatoms. The van der Waals surface area contributed by atoms with Crippen LogP contribution in [0.25, 0.3) is 0 Å². The number of alkyl halides is 1. The Morgan fingerprint density at radius 3 is 2.76 bits per heavy atom. The smallest absolute Gasteiger partial charge is 0.311 e. The van der Waals surface area contributed by atoms with Gasteiger partial charge in [0, 0.05) is 12.0 Å². The fourth-order valence-corrected chi connectivity index (χ4v) is 3.34. The second-order valence-corrected chi connectivity index (χ2v) is 8.51. The first-order valence-electron chi connectivity index (χ1n) is 10.2. The van der Waals surface area contributed by atoms with Crippen LogP contribution in [0.4, 0.5) is 4.39 Å². The Morgan fingerprint density at radius 2 is 2.07 bits per heavy atom. The summed E-state index contributed by atoms with van der Waals surface area (Å²) >= 11 is 0. The lowest BCUT2D eigenvalue weighted by molar-refractivity contribution is -0.155. The van der Waals surface area contributed by atoms with E-state index < -0.39 is 11.1 Å². The third-order valence-electron chi connectivity index (χ3n) is 5.59. The number of hydrogen-bond acceptors (Lipinski definition) is 4. The molecule has 1 saturated carbocycles. The molecule has 1 aliphatic carbocycles. The maximum absolute atomic E-state index is 13.9. The highest BCUT2D eigenvalue weighted by Crippen LogP contribution is 2.43. The van der Waals surface area contributed by atoms with Crippen molar-refractivity contribution in [1.29, 1.82) is 0 Å². The van der Waals surface area contributed by atoms with Gasteiger partial charge in [-0.25, -0.2) is 4.39 Å². The van der Waals surface area contributed by atoms with Gasteiger partial charge in [-0.15, -0.1) is 0 Å². The van der Waals surface area contributed by atoms with Crippen LogP contribution in [-0.2, 0) is 22.6 Å². The van der Waals surface area contributed by atoms with E-state index in [0.717, 1.165) is 11.3 Å². The summed E-state index contributed by atoms with van der Waals surface area (Å²) in [6, 6.07) is 11.4. The highest BCUT2D eigenvalue weighted by Gasteiger charge is 2.42. The van der Waals surface area contributed by atoms with Gasteiger partial charge in [-0.05, 0) is 57.4 Å². The molecule has 2 aromatic rings. The summed E-state index contributed by atoms with van der Waals surface area (Å²) in [4.78, 5) is 12.4. The molecular formula is C24H28FNO3. The number of aromatic nitrogens is 1. The molecule has 0 unspecified atom stereocenters. The van der Waals surface area contributed by atoms with E-state index in [1.54, 1.807) is 6.07 Å². The minimum Gasteiger partial charge on any atom is -0.460 e. The number of aryl methyl sites for hydroxylation is 1. The molecule has 0 amide bonds. The maximum atomic E-state index is 13.9. The molecule has 0 N–H and O–H groups in total. The second-order valence-electron chi connectivity index (χ2n) is 8.51. The van der Waals surface area contributed by atoms with Gasteiger partial charge in [-0.1, -0.05) is 48.3 Å². The van der Waals surface area contributed by atoms with E-state index in [2.05, 4.69) is 17.0 Å². The van der Waals surface area contributed by atoms with Crippen molar-refractivity contribution in [2.75, 3.05) is 0 Å². The summed E-state index contributed by atoms with van der Waals surface area (Å²) in [5.74, 6) is 6.35. The maximum Gasteiger partial charge on any atom is 0.311 e. The number of hydrogen-bond donors (Lipinski definition) is 0. The number of carbonyl (C=O) groups is 1. The van der Waals surface area contributed by atoms with Crippen LogP contribution in [0.15, 0.2) is 40.9 Å². The minimum absolute atomic E-state index is 0.0896. The van der Waals surface area contributed by atoms with E-state index in [1.165, 1.54) is 0 Å². The molecule has 1 heterocycles. The Bertz CT molecular complexity index is 886. The van der Waals surface area contributed by atoms with Crippen LogP contribution in [0.3, 0.4) is 0 Å². The molecule has 0 bridgehead atoms. The van der Waals surface area contributed by atoms with Crippen LogP contribution >= 0.6 is 0 Å². The molecular weight excluding hydrogens is 369 g/mol. The van der Waals surface area contributed by atoms with E-state index in [9.17, 15) is 9.18 Å². The number of esters is 1. The number of ether oxygens (including phenoxy) is 1. The molecule has 4 nitrogen and oxygen atoms in total. The fourth-order valence-electron chi connectivity index (χ4n) is 3.34. The Labute approximate surface area is 171 Å². The van der Waals surface area contributed by atoms with Gasteiger partial charge in [0.15, 0.2) is 0 Å². The standard InChI is InChI=1S/C24H28FNO3/c1-4-24(25)15-19(16-24)10-11-21-14-20(26-29-21)12-13-23(2,3)22(27)28-17-18-8-6-5-7-9-18/h5-9,14,19H,4,12-13,15-17H2,1-3H3. The molecule has 3 rings (SSSR count).